The lowest BCUT2D eigenvalue weighted by Crippen LogP contribution is -2.22. The number of aldehydes is 1. The van der Waals surface area contributed by atoms with Gasteiger partial charge in [-0.3, -0.25) is 4.79 Å². The summed E-state index contributed by atoms with van der Waals surface area (Å²) in [6.45, 7) is 2.50. The van der Waals surface area contributed by atoms with E-state index in [0.29, 0.717) is 17.4 Å². The molecular formula is C29H42ClFN4O3. The van der Waals surface area contributed by atoms with Gasteiger partial charge in [0, 0.05) is 22.9 Å². The number of carbonyl (C=O) groups is 2. The third kappa shape index (κ3) is 11.6. The molecule has 0 saturated carbocycles. The molecule has 0 aliphatic heterocycles. The van der Waals surface area contributed by atoms with Crippen molar-refractivity contribution in [3.8, 4) is 5.88 Å². The van der Waals surface area contributed by atoms with Crippen molar-refractivity contribution in [3.63, 3.8) is 0 Å². The van der Waals surface area contributed by atoms with Crippen LogP contribution in [0.1, 0.15) is 56.1 Å². The quantitative estimate of drug-likeness (QED) is 0.186. The average Bonchev–Trinajstić information content (AvgIpc) is 3.22. The molecule has 7 N–H and O–H groups in total. The molecule has 2 unspecified atom stereocenters. The van der Waals surface area contributed by atoms with Crippen LogP contribution in [0.2, 0.25) is 5.02 Å². The molecule has 0 aliphatic carbocycles. The van der Waals surface area contributed by atoms with Crippen LogP contribution in [0.15, 0.2) is 48.5 Å². The molecule has 0 aliphatic rings. The van der Waals surface area contributed by atoms with Gasteiger partial charge in [0.2, 0.25) is 12.3 Å². The number of aromatic hydroxyl groups is 1. The first-order valence-electron chi connectivity index (χ1n) is 13.0. The molecule has 0 radical (unpaired) electrons. The summed E-state index contributed by atoms with van der Waals surface area (Å²) in [7, 11) is 1.98. The van der Waals surface area contributed by atoms with E-state index in [2.05, 4.69) is 52.4 Å². The van der Waals surface area contributed by atoms with Crippen LogP contribution in [0.25, 0.3) is 10.9 Å². The first kappa shape index (κ1) is 33.1. The zero-order chi connectivity index (χ0) is 28.3. The monoisotopic (exact) mass is 548 g/mol. The summed E-state index contributed by atoms with van der Waals surface area (Å²) >= 11 is 6.16. The van der Waals surface area contributed by atoms with E-state index in [1.54, 1.807) is 0 Å². The molecular weight excluding hydrogens is 507 g/mol. The Labute approximate surface area is 230 Å². The van der Waals surface area contributed by atoms with Crippen molar-refractivity contribution >= 4 is 35.2 Å². The molecule has 0 spiro atoms. The van der Waals surface area contributed by atoms with Crippen molar-refractivity contribution in [3.05, 3.63) is 64.7 Å². The van der Waals surface area contributed by atoms with Gasteiger partial charge in [0.1, 0.15) is 18.0 Å². The van der Waals surface area contributed by atoms with E-state index in [-0.39, 0.29) is 24.2 Å². The van der Waals surface area contributed by atoms with Crippen molar-refractivity contribution < 1.29 is 19.1 Å². The predicted octanol–water partition coefficient (Wildman–Crippen LogP) is 5.24. The molecule has 7 nitrogen and oxygen atoms in total. The fourth-order valence-corrected chi connectivity index (χ4v) is 4.33. The zero-order valence-corrected chi connectivity index (χ0v) is 23.1. The third-order valence-electron chi connectivity index (χ3n) is 6.34. The van der Waals surface area contributed by atoms with Gasteiger partial charge in [0.25, 0.3) is 0 Å². The van der Waals surface area contributed by atoms with Gasteiger partial charge >= 0.3 is 0 Å². The van der Waals surface area contributed by atoms with E-state index in [4.69, 9.17) is 22.1 Å². The van der Waals surface area contributed by atoms with E-state index >= 15 is 0 Å². The summed E-state index contributed by atoms with van der Waals surface area (Å²) in [4.78, 5) is 21.8. The van der Waals surface area contributed by atoms with Crippen LogP contribution in [0, 0.1) is 5.92 Å². The van der Waals surface area contributed by atoms with Gasteiger partial charge in [-0.25, -0.2) is 4.39 Å². The molecule has 38 heavy (non-hydrogen) atoms. The maximum Gasteiger partial charge on any atom is 0.208 e. The van der Waals surface area contributed by atoms with Crippen LogP contribution in [-0.4, -0.2) is 49.1 Å². The van der Waals surface area contributed by atoms with Crippen molar-refractivity contribution in [2.75, 3.05) is 20.3 Å². The van der Waals surface area contributed by atoms with Gasteiger partial charge in [-0.1, -0.05) is 61.3 Å². The van der Waals surface area contributed by atoms with Crippen LogP contribution >= 0.6 is 11.6 Å². The summed E-state index contributed by atoms with van der Waals surface area (Å²) in [6.07, 6.45) is 6.49. The number of halogens is 2. The number of nitrogens with one attached hydrogen (secondary N) is 2. The number of nitrogens with two attached hydrogens (primary N) is 2. The lowest BCUT2D eigenvalue weighted by molar-refractivity contribution is -0.111. The Morgan fingerprint density at radius 3 is 2.39 bits per heavy atom. The normalized spacial score (nSPS) is 12.9. The van der Waals surface area contributed by atoms with Gasteiger partial charge < -0.3 is 31.7 Å². The van der Waals surface area contributed by atoms with E-state index in [1.165, 1.54) is 11.1 Å². The number of rotatable bonds is 13. The highest BCUT2D eigenvalue weighted by molar-refractivity contribution is 6.37. The lowest BCUT2D eigenvalue weighted by Gasteiger charge is -2.17. The Balaban J connectivity index is 0.000000408. The SMILES string of the molecule is CCC(C=O)CCCC(N)CF.CNCC[C@@H](Cc1ccc2[nH]c(O)c(Cl)c2c1)c1ccccc1.NC=O. The minimum absolute atomic E-state index is 0.0357. The summed E-state index contributed by atoms with van der Waals surface area (Å²) in [6, 6.07) is 16.4. The number of hydrogen-bond donors (Lipinski definition) is 5. The van der Waals surface area contributed by atoms with Gasteiger partial charge in [-0.15, -0.1) is 0 Å². The largest absolute Gasteiger partial charge is 0.494 e. The Morgan fingerprint density at radius 1 is 1.13 bits per heavy atom. The lowest BCUT2D eigenvalue weighted by atomic mass is 9.89. The van der Waals surface area contributed by atoms with Crippen LogP contribution in [0.3, 0.4) is 0 Å². The number of hydrogen-bond acceptors (Lipinski definition) is 5. The number of amides is 1. The van der Waals surface area contributed by atoms with Crippen molar-refractivity contribution in [1.82, 2.24) is 10.3 Å². The number of fused-ring (bicyclic) bond motifs is 1. The number of aromatic nitrogens is 1. The molecule has 1 heterocycles. The van der Waals surface area contributed by atoms with E-state index in [0.717, 1.165) is 55.8 Å². The molecule has 3 atom stereocenters. The number of carbonyl (C=O) groups excluding carboxylic acids is 2. The summed E-state index contributed by atoms with van der Waals surface area (Å²) in [5.41, 5.74) is 13.0. The maximum atomic E-state index is 11.9. The average molecular weight is 549 g/mol. The highest BCUT2D eigenvalue weighted by Gasteiger charge is 2.14. The minimum Gasteiger partial charge on any atom is -0.494 e. The van der Waals surface area contributed by atoms with Crippen molar-refractivity contribution in [2.45, 2.75) is 57.4 Å². The second-order valence-corrected chi connectivity index (χ2v) is 9.54. The van der Waals surface area contributed by atoms with Crippen LogP contribution in [-0.2, 0) is 16.0 Å². The summed E-state index contributed by atoms with van der Waals surface area (Å²) in [5.74, 6) is 0.623. The Kier molecular flexibility index (Phi) is 16.7. The summed E-state index contributed by atoms with van der Waals surface area (Å²) < 4.78 is 11.9. The molecule has 3 rings (SSSR count). The number of primary amides is 1. The highest BCUT2D eigenvalue weighted by Crippen LogP contribution is 2.33. The molecule has 2 aromatic carbocycles. The Bertz CT molecular complexity index is 1060. The fraction of sp³-hybridized carbons (Fsp3) is 0.448. The first-order valence-corrected chi connectivity index (χ1v) is 13.3. The number of H-pyrrole nitrogens is 1. The fourth-order valence-electron chi connectivity index (χ4n) is 4.12. The van der Waals surface area contributed by atoms with Gasteiger partial charge in [-0.2, -0.15) is 0 Å². The smallest absolute Gasteiger partial charge is 0.208 e. The standard InChI is InChI=1S/C19H21ClN2O.C9H18FNO.CH3NO/c1-21-10-9-15(14-5-3-2-4-6-14)11-13-7-8-17-16(12-13)18(20)19(23)22-17;1-2-8(7-12)4-3-5-9(11)6-10;2-1-3/h2-8,12,15,21-23H,9-11H2,1H3;7-9H,2-6,11H2,1H3;1H,(H2,2,3)/t15-;;/m0../s1. The molecule has 0 bridgehead atoms. The molecule has 0 fully saturated rings. The molecule has 1 amide bonds. The summed E-state index contributed by atoms with van der Waals surface area (Å²) in [5, 5.41) is 14.2. The zero-order valence-electron chi connectivity index (χ0n) is 22.3. The highest BCUT2D eigenvalue weighted by atomic mass is 35.5. The van der Waals surface area contributed by atoms with Crippen molar-refractivity contribution in [2.24, 2.45) is 17.4 Å². The van der Waals surface area contributed by atoms with Gasteiger partial charge in [0.15, 0.2) is 0 Å². The Hall–Kier alpha value is -2.94. The van der Waals surface area contributed by atoms with E-state index in [9.17, 15) is 14.3 Å². The first-order chi connectivity index (χ1) is 18.3. The predicted molar refractivity (Wildman–Crippen MR) is 154 cm³/mol. The topological polar surface area (TPSA) is 134 Å². The van der Waals surface area contributed by atoms with Crippen molar-refractivity contribution in [1.29, 1.82) is 0 Å². The molecule has 1 aromatic heterocycles. The van der Waals surface area contributed by atoms with E-state index < -0.39 is 6.67 Å². The molecule has 0 saturated heterocycles. The van der Waals surface area contributed by atoms with Crippen LogP contribution in [0.4, 0.5) is 4.39 Å². The number of benzene rings is 2. The minimum atomic E-state index is -0.460. The van der Waals surface area contributed by atoms with Gasteiger partial charge in [-0.05, 0) is 74.9 Å². The van der Waals surface area contributed by atoms with E-state index in [1.807, 2.05) is 26.1 Å². The third-order valence-corrected chi connectivity index (χ3v) is 6.72. The van der Waals surface area contributed by atoms with Crippen LogP contribution in [0.5, 0.6) is 5.88 Å². The van der Waals surface area contributed by atoms with Gasteiger partial charge in [0.05, 0.1) is 0 Å². The molecule has 210 valence electrons. The maximum absolute atomic E-state index is 11.9. The second-order valence-electron chi connectivity index (χ2n) is 9.16. The number of aromatic amines is 1. The second kappa shape index (κ2) is 19.2. The Morgan fingerprint density at radius 2 is 1.82 bits per heavy atom. The molecule has 3 aromatic rings. The number of alkyl halides is 1. The van der Waals surface area contributed by atoms with Crippen LogP contribution < -0.4 is 16.8 Å². The molecule has 9 heteroatoms.